The highest BCUT2D eigenvalue weighted by molar-refractivity contribution is 5.94. The average molecular weight is 308 g/mol. The molecule has 4 atom stereocenters. The SMILES string of the molecule is C=C1NC(=O)C(C)=CN1[C@@H]1O[C@H](CO)C(C(C)C)C1C(C)C. The lowest BCUT2D eigenvalue weighted by molar-refractivity contribution is -0.119. The number of amides is 1. The summed E-state index contributed by atoms with van der Waals surface area (Å²) in [6.45, 7) is 14.4. The van der Waals surface area contributed by atoms with Crippen LogP contribution in [-0.4, -0.2) is 34.9 Å². The lowest BCUT2D eigenvalue weighted by Crippen LogP contribution is -2.46. The van der Waals surface area contributed by atoms with Gasteiger partial charge in [0.15, 0.2) is 0 Å². The van der Waals surface area contributed by atoms with Crippen LogP contribution in [0.1, 0.15) is 34.6 Å². The number of carbonyl (C=O) groups is 1. The number of hydrogen-bond acceptors (Lipinski definition) is 4. The maximum Gasteiger partial charge on any atom is 0.253 e. The zero-order chi connectivity index (χ0) is 16.6. The zero-order valence-corrected chi connectivity index (χ0v) is 14.2. The molecular formula is C17H28N2O3. The number of nitrogens with one attached hydrogen (secondary N) is 1. The molecule has 22 heavy (non-hydrogen) atoms. The van der Waals surface area contributed by atoms with Crippen molar-refractivity contribution in [1.82, 2.24) is 10.2 Å². The van der Waals surface area contributed by atoms with Crippen LogP contribution >= 0.6 is 0 Å². The van der Waals surface area contributed by atoms with E-state index in [1.165, 1.54) is 0 Å². The van der Waals surface area contributed by atoms with E-state index in [-0.39, 0.29) is 36.7 Å². The highest BCUT2D eigenvalue weighted by atomic mass is 16.5. The van der Waals surface area contributed by atoms with E-state index in [9.17, 15) is 9.90 Å². The van der Waals surface area contributed by atoms with E-state index >= 15 is 0 Å². The van der Waals surface area contributed by atoms with Crippen LogP contribution in [0.15, 0.2) is 24.2 Å². The molecule has 2 rings (SSSR count). The Morgan fingerprint density at radius 1 is 1.32 bits per heavy atom. The maximum absolute atomic E-state index is 11.7. The van der Waals surface area contributed by atoms with Gasteiger partial charge in [-0.3, -0.25) is 4.79 Å². The van der Waals surface area contributed by atoms with Gasteiger partial charge in [-0.2, -0.15) is 0 Å². The van der Waals surface area contributed by atoms with Crippen LogP contribution in [0.4, 0.5) is 0 Å². The van der Waals surface area contributed by atoms with Crippen molar-refractivity contribution in [1.29, 1.82) is 0 Å². The van der Waals surface area contributed by atoms with E-state index in [4.69, 9.17) is 4.74 Å². The molecule has 0 radical (unpaired) electrons. The smallest absolute Gasteiger partial charge is 0.253 e. The molecule has 1 amide bonds. The first-order chi connectivity index (χ1) is 10.3. The second kappa shape index (κ2) is 6.42. The number of ether oxygens (including phenoxy) is 1. The number of hydrogen-bond donors (Lipinski definition) is 2. The standard InChI is InChI=1S/C17H28N2O3/c1-9(2)14-13(8-20)22-17(15(14)10(3)4)19-7-11(5)16(21)18-12(19)6/h7,9-10,13-15,17,20H,6,8H2,1-5H3,(H,18,21)/t13-,14?,15?,17-/m1/s1. The molecule has 1 fully saturated rings. The summed E-state index contributed by atoms with van der Waals surface area (Å²) in [5, 5.41) is 12.5. The van der Waals surface area contributed by atoms with Gasteiger partial charge in [-0.05, 0) is 24.7 Å². The van der Waals surface area contributed by atoms with Crippen molar-refractivity contribution < 1.29 is 14.6 Å². The minimum atomic E-state index is -0.215. The summed E-state index contributed by atoms with van der Waals surface area (Å²) in [6.07, 6.45) is 1.40. The lowest BCUT2D eigenvalue weighted by Gasteiger charge is -2.38. The highest BCUT2D eigenvalue weighted by Crippen LogP contribution is 2.44. The monoisotopic (exact) mass is 308 g/mol. The summed E-state index contributed by atoms with van der Waals surface area (Å²) in [6, 6.07) is 0. The Kier molecular flexibility index (Phi) is 4.97. The van der Waals surface area contributed by atoms with E-state index in [1.54, 1.807) is 13.1 Å². The third kappa shape index (κ3) is 2.92. The molecule has 2 heterocycles. The van der Waals surface area contributed by atoms with Gasteiger partial charge in [-0.25, -0.2) is 0 Å². The Bertz CT molecular complexity index is 484. The Hall–Kier alpha value is -1.33. The van der Waals surface area contributed by atoms with Crippen molar-refractivity contribution in [3.8, 4) is 0 Å². The van der Waals surface area contributed by atoms with Gasteiger partial charge in [-0.15, -0.1) is 0 Å². The Labute approximate surface area is 133 Å². The third-order valence-corrected chi connectivity index (χ3v) is 4.77. The zero-order valence-electron chi connectivity index (χ0n) is 14.2. The first-order valence-corrected chi connectivity index (χ1v) is 8.01. The molecule has 0 spiro atoms. The molecule has 0 bridgehead atoms. The quantitative estimate of drug-likeness (QED) is 0.834. The largest absolute Gasteiger partial charge is 0.394 e. The molecule has 0 aliphatic carbocycles. The normalized spacial score (nSPS) is 32.7. The summed E-state index contributed by atoms with van der Waals surface area (Å²) in [4.78, 5) is 13.6. The summed E-state index contributed by atoms with van der Waals surface area (Å²) in [5.41, 5.74) is 0.632. The topological polar surface area (TPSA) is 61.8 Å². The molecule has 2 N–H and O–H groups in total. The Balaban J connectivity index is 2.36. The fourth-order valence-electron chi connectivity index (χ4n) is 3.73. The van der Waals surface area contributed by atoms with Gasteiger partial charge >= 0.3 is 0 Å². The summed E-state index contributed by atoms with van der Waals surface area (Å²) >= 11 is 0. The fraction of sp³-hybridized carbons (Fsp3) is 0.706. The molecule has 1 saturated heterocycles. The van der Waals surface area contributed by atoms with Gasteiger partial charge in [0.1, 0.15) is 12.0 Å². The van der Waals surface area contributed by atoms with Gasteiger partial charge in [-0.1, -0.05) is 34.3 Å². The third-order valence-electron chi connectivity index (χ3n) is 4.77. The summed E-state index contributed by atoms with van der Waals surface area (Å²) in [7, 11) is 0. The molecule has 5 heteroatoms. The minimum Gasteiger partial charge on any atom is -0.394 e. The van der Waals surface area contributed by atoms with Crippen LogP contribution in [0.25, 0.3) is 0 Å². The molecular weight excluding hydrogens is 280 g/mol. The first-order valence-electron chi connectivity index (χ1n) is 8.01. The van der Waals surface area contributed by atoms with Gasteiger partial charge in [0.05, 0.1) is 12.7 Å². The highest BCUT2D eigenvalue weighted by Gasteiger charge is 2.49. The van der Waals surface area contributed by atoms with E-state index in [0.717, 1.165) is 0 Å². The van der Waals surface area contributed by atoms with E-state index in [2.05, 4.69) is 39.6 Å². The van der Waals surface area contributed by atoms with Crippen molar-refractivity contribution in [2.24, 2.45) is 23.7 Å². The second-order valence-corrected chi connectivity index (χ2v) is 7.01. The number of aliphatic hydroxyl groups excluding tert-OH is 1. The van der Waals surface area contributed by atoms with Crippen molar-refractivity contribution in [3.05, 3.63) is 24.2 Å². The van der Waals surface area contributed by atoms with Crippen LogP contribution in [0.3, 0.4) is 0 Å². The van der Waals surface area contributed by atoms with Crippen molar-refractivity contribution >= 4 is 5.91 Å². The molecule has 2 unspecified atom stereocenters. The fourth-order valence-corrected chi connectivity index (χ4v) is 3.73. The molecule has 124 valence electrons. The van der Waals surface area contributed by atoms with Gasteiger partial charge < -0.3 is 20.1 Å². The van der Waals surface area contributed by atoms with Crippen molar-refractivity contribution in [2.75, 3.05) is 6.61 Å². The Morgan fingerprint density at radius 2 is 1.91 bits per heavy atom. The molecule has 0 saturated carbocycles. The van der Waals surface area contributed by atoms with Crippen LogP contribution in [0.2, 0.25) is 0 Å². The predicted molar refractivity (Wildman–Crippen MR) is 85.3 cm³/mol. The summed E-state index contributed by atoms with van der Waals surface area (Å²) in [5.74, 6) is 1.74. The van der Waals surface area contributed by atoms with Crippen LogP contribution in [0, 0.1) is 23.7 Å². The van der Waals surface area contributed by atoms with E-state index in [1.807, 2.05) is 4.90 Å². The summed E-state index contributed by atoms with van der Waals surface area (Å²) < 4.78 is 6.17. The average Bonchev–Trinajstić information content (AvgIpc) is 2.82. The van der Waals surface area contributed by atoms with Gasteiger partial charge in [0.25, 0.3) is 5.91 Å². The van der Waals surface area contributed by atoms with Gasteiger partial charge in [0.2, 0.25) is 0 Å². The van der Waals surface area contributed by atoms with Crippen LogP contribution in [-0.2, 0) is 9.53 Å². The predicted octanol–water partition coefficient (Wildman–Crippen LogP) is 2.05. The first kappa shape index (κ1) is 17.0. The van der Waals surface area contributed by atoms with Crippen LogP contribution in [0.5, 0.6) is 0 Å². The molecule has 0 aromatic carbocycles. The maximum atomic E-state index is 11.7. The molecule has 2 aliphatic rings. The van der Waals surface area contributed by atoms with E-state index in [0.29, 0.717) is 23.2 Å². The van der Waals surface area contributed by atoms with Crippen molar-refractivity contribution in [2.45, 2.75) is 47.0 Å². The van der Waals surface area contributed by atoms with Crippen molar-refractivity contribution in [3.63, 3.8) is 0 Å². The Morgan fingerprint density at radius 3 is 2.41 bits per heavy atom. The lowest BCUT2D eigenvalue weighted by atomic mass is 9.75. The van der Waals surface area contributed by atoms with Crippen LogP contribution < -0.4 is 5.32 Å². The molecule has 2 aliphatic heterocycles. The molecule has 0 aromatic rings. The molecule has 0 aromatic heterocycles. The second-order valence-electron chi connectivity index (χ2n) is 7.01. The number of aliphatic hydroxyl groups is 1. The number of nitrogens with zero attached hydrogens (tertiary/aromatic N) is 1. The number of carbonyl (C=O) groups excluding carboxylic acids is 1. The minimum absolute atomic E-state index is 0.0118. The molecule has 5 nitrogen and oxygen atoms in total. The van der Waals surface area contributed by atoms with E-state index < -0.39 is 0 Å². The number of rotatable bonds is 4. The van der Waals surface area contributed by atoms with Gasteiger partial charge in [0, 0.05) is 17.7 Å².